The molecule has 2 amide bonds. The fraction of sp³-hybridized carbons (Fsp3) is 0.417. The van der Waals surface area contributed by atoms with Gasteiger partial charge in [0.25, 0.3) is 5.91 Å². The van der Waals surface area contributed by atoms with Gasteiger partial charge in [-0.2, -0.15) is 0 Å². The molecule has 2 fully saturated rings. The summed E-state index contributed by atoms with van der Waals surface area (Å²) in [5, 5.41) is 11.0. The number of anilines is 2. The summed E-state index contributed by atoms with van der Waals surface area (Å²) in [6.45, 7) is -0.00662. The first-order valence-corrected chi connectivity index (χ1v) is 13.4. The van der Waals surface area contributed by atoms with E-state index in [4.69, 9.17) is 9.57 Å². The molecule has 0 aromatic heterocycles. The van der Waals surface area contributed by atoms with Gasteiger partial charge in [0.1, 0.15) is 17.5 Å². The number of nitrogens with zero attached hydrogens (tertiary/aromatic N) is 4. The number of ether oxygens (including phenoxy) is 1. The van der Waals surface area contributed by atoms with Crippen LogP contribution in [0, 0.1) is 11.6 Å². The zero-order valence-corrected chi connectivity index (χ0v) is 21.7. The standard InChI is InChI=1S/C24H28F2N4O7S/c1-27(2)38(34,35)12-7-17-15-29(24(33)37-17)16-13-19(25)22(20(26)14-16)28-8-9-30(36-11-10-28)23(32)18-5-3-4-6-21(18)31/h3-6,13-14,17,31H,7-12,15H2,1-2H3/t17-/m0/s1. The summed E-state index contributed by atoms with van der Waals surface area (Å²) in [4.78, 5) is 33.0. The van der Waals surface area contributed by atoms with E-state index in [1.54, 1.807) is 12.1 Å². The Morgan fingerprint density at radius 2 is 1.82 bits per heavy atom. The highest BCUT2D eigenvalue weighted by Crippen LogP contribution is 2.32. The quantitative estimate of drug-likeness (QED) is 0.553. The lowest BCUT2D eigenvalue weighted by molar-refractivity contribution is -0.111. The molecule has 4 rings (SSSR count). The summed E-state index contributed by atoms with van der Waals surface area (Å²) in [6.07, 6.45) is -1.54. The van der Waals surface area contributed by atoms with Crippen molar-refractivity contribution in [3.8, 4) is 5.75 Å². The minimum Gasteiger partial charge on any atom is -0.507 e. The van der Waals surface area contributed by atoms with Crippen LogP contribution in [0.15, 0.2) is 36.4 Å². The van der Waals surface area contributed by atoms with Gasteiger partial charge in [-0.05, 0) is 12.1 Å². The number of amides is 2. The predicted octanol–water partition coefficient (Wildman–Crippen LogP) is 2.17. The number of cyclic esters (lactones) is 1. The van der Waals surface area contributed by atoms with Crippen LogP contribution in [0.4, 0.5) is 25.0 Å². The topological polar surface area (TPSA) is 120 Å². The zero-order chi connectivity index (χ0) is 27.6. The summed E-state index contributed by atoms with van der Waals surface area (Å²) >= 11 is 0. The molecule has 206 valence electrons. The Morgan fingerprint density at radius 1 is 1.13 bits per heavy atom. The van der Waals surface area contributed by atoms with Gasteiger partial charge in [-0.3, -0.25) is 14.5 Å². The number of carbonyl (C=O) groups excluding carboxylic acids is 2. The lowest BCUT2D eigenvalue weighted by Crippen LogP contribution is -2.35. The van der Waals surface area contributed by atoms with Crippen LogP contribution in [0.1, 0.15) is 16.8 Å². The molecular weight excluding hydrogens is 526 g/mol. The second kappa shape index (κ2) is 11.1. The number of aromatic hydroxyl groups is 1. The maximum atomic E-state index is 15.2. The van der Waals surface area contributed by atoms with Crippen LogP contribution in [-0.2, 0) is 19.6 Å². The molecule has 0 unspecified atom stereocenters. The number of phenolic OH excluding ortho intramolecular Hbond substituents is 1. The van der Waals surface area contributed by atoms with Gasteiger partial charge >= 0.3 is 6.09 Å². The summed E-state index contributed by atoms with van der Waals surface area (Å²) in [6, 6.07) is 7.99. The number of sulfonamides is 1. The average Bonchev–Trinajstić information content (AvgIpc) is 3.07. The molecule has 0 radical (unpaired) electrons. The van der Waals surface area contributed by atoms with Gasteiger partial charge in [0.15, 0.2) is 11.6 Å². The van der Waals surface area contributed by atoms with Crippen molar-refractivity contribution in [1.82, 2.24) is 9.37 Å². The van der Waals surface area contributed by atoms with Crippen molar-refractivity contribution in [2.45, 2.75) is 12.5 Å². The molecule has 1 N–H and O–H groups in total. The van der Waals surface area contributed by atoms with E-state index >= 15 is 8.78 Å². The van der Waals surface area contributed by atoms with Crippen molar-refractivity contribution in [1.29, 1.82) is 0 Å². The number of halogens is 2. The number of hydrogen-bond acceptors (Lipinski definition) is 8. The van der Waals surface area contributed by atoms with E-state index < -0.39 is 39.8 Å². The molecule has 38 heavy (non-hydrogen) atoms. The van der Waals surface area contributed by atoms with Crippen LogP contribution in [0.3, 0.4) is 0 Å². The Bertz CT molecular complexity index is 1300. The zero-order valence-electron chi connectivity index (χ0n) is 20.8. The van der Waals surface area contributed by atoms with Crippen LogP contribution in [-0.4, -0.2) is 93.6 Å². The molecule has 2 aromatic rings. The number of carbonyl (C=O) groups is 2. The Labute approximate surface area is 218 Å². The van der Waals surface area contributed by atoms with Gasteiger partial charge in [0, 0.05) is 45.7 Å². The molecule has 2 aliphatic heterocycles. The van der Waals surface area contributed by atoms with Gasteiger partial charge < -0.3 is 14.7 Å². The van der Waals surface area contributed by atoms with Gasteiger partial charge in [-0.15, -0.1) is 0 Å². The van der Waals surface area contributed by atoms with Crippen LogP contribution in [0.2, 0.25) is 0 Å². The van der Waals surface area contributed by atoms with Crippen LogP contribution in [0.5, 0.6) is 5.75 Å². The summed E-state index contributed by atoms with van der Waals surface area (Å²) < 4.78 is 60.6. The number of hydroxylamine groups is 2. The minimum atomic E-state index is -3.50. The van der Waals surface area contributed by atoms with E-state index in [-0.39, 0.29) is 67.6 Å². The van der Waals surface area contributed by atoms with Crippen molar-refractivity contribution in [2.24, 2.45) is 0 Å². The first kappa shape index (κ1) is 27.5. The smallest absolute Gasteiger partial charge is 0.414 e. The first-order valence-electron chi connectivity index (χ1n) is 11.8. The van der Waals surface area contributed by atoms with Crippen molar-refractivity contribution in [3.05, 3.63) is 53.6 Å². The lowest BCUT2D eigenvalue weighted by atomic mass is 10.2. The van der Waals surface area contributed by atoms with Crippen molar-refractivity contribution < 1.29 is 41.5 Å². The van der Waals surface area contributed by atoms with E-state index in [0.29, 0.717) is 0 Å². The number of hydrogen-bond donors (Lipinski definition) is 1. The maximum Gasteiger partial charge on any atom is 0.414 e. The van der Waals surface area contributed by atoms with Crippen LogP contribution < -0.4 is 9.80 Å². The maximum absolute atomic E-state index is 15.2. The molecule has 0 bridgehead atoms. The molecule has 2 aliphatic rings. The molecule has 2 aromatic carbocycles. The predicted molar refractivity (Wildman–Crippen MR) is 133 cm³/mol. The Hall–Kier alpha value is -3.49. The second-order valence-corrected chi connectivity index (χ2v) is 11.3. The molecule has 0 aliphatic carbocycles. The molecule has 0 saturated carbocycles. The average molecular weight is 555 g/mol. The Kier molecular flexibility index (Phi) is 8.04. The summed E-state index contributed by atoms with van der Waals surface area (Å²) in [7, 11) is -0.700. The number of phenols is 1. The normalized spacial score (nSPS) is 18.6. The highest BCUT2D eigenvalue weighted by atomic mass is 32.2. The number of benzene rings is 2. The van der Waals surface area contributed by atoms with Gasteiger partial charge in [0.2, 0.25) is 10.0 Å². The van der Waals surface area contributed by atoms with E-state index in [1.807, 2.05) is 0 Å². The van der Waals surface area contributed by atoms with Crippen molar-refractivity contribution >= 4 is 33.4 Å². The lowest BCUT2D eigenvalue weighted by Gasteiger charge is -2.24. The molecule has 14 heteroatoms. The van der Waals surface area contributed by atoms with E-state index in [1.165, 1.54) is 31.1 Å². The van der Waals surface area contributed by atoms with E-state index in [9.17, 15) is 23.1 Å². The van der Waals surface area contributed by atoms with Gasteiger partial charge in [-0.1, -0.05) is 12.1 Å². The van der Waals surface area contributed by atoms with Gasteiger partial charge in [0.05, 0.1) is 36.7 Å². The molecular formula is C24H28F2N4O7S. The fourth-order valence-electron chi connectivity index (χ4n) is 4.18. The molecule has 2 heterocycles. The number of rotatable bonds is 7. The van der Waals surface area contributed by atoms with Crippen LogP contribution >= 0.6 is 0 Å². The number of para-hydroxylation sites is 1. The molecule has 1 atom stereocenters. The molecule has 2 saturated heterocycles. The monoisotopic (exact) mass is 554 g/mol. The molecule has 11 nitrogen and oxygen atoms in total. The van der Waals surface area contributed by atoms with Gasteiger partial charge in [-0.25, -0.2) is 31.4 Å². The highest BCUT2D eigenvalue weighted by molar-refractivity contribution is 7.89. The molecule has 0 spiro atoms. The minimum absolute atomic E-state index is 0.0240. The van der Waals surface area contributed by atoms with Crippen molar-refractivity contribution in [2.75, 3.05) is 62.4 Å². The third-order valence-electron chi connectivity index (χ3n) is 6.30. The largest absolute Gasteiger partial charge is 0.507 e. The fourth-order valence-corrected chi connectivity index (χ4v) is 5.10. The van der Waals surface area contributed by atoms with E-state index in [2.05, 4.69) is 0 Å². The summed E-state index contributed by atoms with van der Waals surface area (Å²) in [5.41, 5.74) is -0.359. The van der Waals surface area contributed by atoms with E-state index in [0.717, 1.165) is 26.4 Å². The third-order valence-corrected chi connectivity index (χ3v) is 8.16. The van der Waals surface area contributed by atoms with Crippen LogP contribution in [0.25, 0.3) is 0 Å². The first-order chi connectivity index (χ1) is 18.0. The Morgan fingerprint density at radius 3 is 2.47 bits per heavy atom. The van der Waals surface area contributed by atoms with Crippen molar-refractivity contribution in [3.63, 3.8) is 0 Å². The SMILES string of the molecule is CN(C)S(=O)(=O)CC[C@H]1CN(c2cc(F)c(N3CCON(C(=O)c4ccccc4O)CC3)c(F)c2)C(=O)O1. The second-order valence-electron chi connectivity index (χ2n) is 9.01. The Balaban J connectivity index is 1.44. The highest BCUT2D eigenvalue weighted by Gasteiger charge is 2.35. The summed E-state index contributed by atoms with van der Waals surface area (Å²) in [5.74, 6) is -2.88. The third kappa shape index (κ3) is 5.81.